The van der Waals surface area contributed by atoms with Crippen LogP contribution in [-0.2, 0) is 4.74 Å². The summed E-state index contributed by atoms with van der Waals surface area (Å²) in [6.07, 6.45) is 14.8. The van der Waals surface area contributed by atoms with Gasteiger partial charge in [0.05, 0.1) is 19.4 Å². The minimum Gasteiger partial charge on any atom is -0.457 e. The third-order valence-corrected chi connectivity index (χ3v) is 6.75. The van der Waals surface area contributed by atoms with E-state index >= 15 is 0 Å². The molecule has 1 saturated heterocycles. The van der Waals surface area contributed by atoms with E-state index in [1.54, 1.807) is 0 Å². The average molecular weight is 468 g/mol. The van der Waals surface area contributed by atoms with Crippen LogP contribution in [0.5, 0.6) is 11.5 Å². The fourth-order valence-electron chi connectivity index (χ4n) is 4.67. The number of hydrogen-bond donors (Lipinski definition) is 1. The lowest BCUT2D eigenvalue weighted by molar-refractivity contribution is 0.0331. The monoisotopic (exact) mass is 467 g/mol. The van der Waals surface area contributed by atoms with Gasteiger partial charge in [-0.3, -0.25) is 4.90 Å². The van der Waals surface area contributed by atoms with Crippen LogP contribution in [0.4, 0.5) is 0 Å². The van der Waals surface area contributed by atoms with Crippen LogP contribution in [0.2, 0.25) is 5.02 Å². The Kier molecular flexibility index (Phi) is 9.05. The van der Waals surface area contributed by atoms with Crippen molar-refractivity contribution in [1.82, 2.24) is 15.3 Å². The quantitative estimate of drug-likeness (QED) is 0.484. The van der Waals surface area contributed by atoms with Gasteiger partial charge in [0.1, 0.15) is 18.1 Å². The number of rotatable bonds is 8. The molecule has 2 aliphatic rings. The fourth-order valence-corrected chi connectivity index (χ4v) is 4.80. The molecule has 0 radical (unpaired) electrons. The molecule has 1 unspecified atom stereocenters. The SMILES string of the molecule is C#CCOC(CN1CN(C2CCCCCCC2)CN1)c1ccc(Oc2ccc(Cl)cc2)cc1. The first-order chi connectivity index (χ1) is 16.2. The van der Waals surface area contributed by atoms with Crippen molar-refractivity contribution in [2.75, 3.05) is 26.5 Å². The van der Waals surface area contributed by atoms with Gasteiger partial charge in [-0.1, -0.05) is 61.8 Å². The minimum absolute atomic E-state index is 0.115. The second-order valence-corrected chi connectivity index (χ2v) is 9.33. The molecule has 2 aromatic carbocycles. The molecular formula is C27H34ClN3O2. The molecule has 1 heterocycles. The molecule has 6 heteroatoms. The Morgan fingerprint density at radius 3 is 2.27 bits per heavy atom. The molecule has 33 heavy (non-hydrogen) atoms. The first-order valence-corrected chi connectivity index (χ1v) is 12.4. The van der Waals surface area contributed by atoms with E-state index in [0.717, 1.165) is 36.9 Å². The van der Waals surface area contributed by atoms with E-state index in [0.29, 0.717) is 11.1 Å². The maximum absolute atomic E-state index is 6.04. The third-order valence-electron chi connectivity index (χ3n) is 6.50. The normalized spacial score (nSPS) is 19.5. The van der Waals surface area contributed by atoms with Crippen molar-refractivity contribution in [3.05, 3.63) is 59.1 Å². The molecule has 1 atom stereocenters. The first kappa shape index (κ1) is 24.1. The zero-order chi connectivity index (χ0) is 22.9. The van der Waals surface area contributed by atoms with Crippen LogP contribution in [0.25, 0.3) is 0 Å². The molecule has 1 N–H and O–H groups in total. The highest BCUT2D eigenvalue weighted by Gasteiger charge is 2.28. The van der Waals surface area contributed by atoms with E-state index in [1.165, 1.54) is 44.9 Å². The molecule has 1 aliphatic carbocycles. The Bertz CT molecular complexity index is 889. The summed E-state index contributed by atoms with van der Waals surface area (Å²) in [5.74, 6) is 4.13. The molecule has 1 saturated carbocycles. The molecule has 4 rings (SSSR count). The Labute approximate surface area is 203 Å². The summed E-state index contributed by atoms with van der Waals surface area (Å²) in [7, 11) is 0. The number of nitrogens with zero attached hydrogens (tertiary/aromatic N) is 2. The number of halogens is 1. The molecular weight excluding hydrogens is 434 g/mol. The van der Waals surface area contributed by atoms with Gasteiger partial charge in [-0.05, 0) is 54.8 Å². The molecule has 0 bridgehead atoms. The topological polar surface area (TPSA) is 37.0 Å². The standard InChI is InChI=1S/C27H34ClN3O2/c1-2-18-32-27(19-31-21-30(20-29-31)24-8-6-4-3-5-7-9-24)22-10-14-25(15-11-22)33-26-16-12-23(28)13-17-26/h1,10-17,24,27,29H,3-9,18-21H2. The van der Waals surface area contributed by atoms with Gasteiger partial charge < -0.3 is 9.47 Å². The second-order valence-electron chi connectivity index (χ2n) is 8.90. The van der Waals surface area contributed by atoms with Crippen LogP contribution in [0.3, 0.4) is 0 Å². The van der Waals surface area contributed by atoms with E-state index in [1.807, 2.05) is 36.4 Å². The van der Waals surface area contributed by atoms with Crippen molar-refractivity contribution in [2.24, 2.45) is 0 Å². The van der Waals surface area contributed by atoms with E-state index < -0.39 is 0 Å². The van der Waals surface area contributed by atoms with Crippen molar-refractivity contribution in [3.63, 3.8) is 0 Å². The van der Waals surface area contributed by atoms with Gasteiger partial charge in [0.25, 0.3) is 0 Å². The van der Waals surface area contributed by atoms with Gasteiger partial charge in [-0.15, -0.1) is 6.42 Å². The summed E-state index contributed by atoms with van der Waals surface area (Å²) >= 11 is 5.95. The van der Waals surface area contributed by atoms with Crippen LogP contribution >= 0.6 is 11.6 Å². The lowest BCUT2D eigenvalue weighted by atomic mass is 9.96. The lowest BCUT2D eigenvalue weighted by Crippen LogP contribution is -2.37. The summed E-state index contributed by atoms with van der Waals surface area (Å²) in [6, 6.07) is 16.1. The van der Waals surface area contributed by atoms with Crippen LogP contribution in [0, 0.1) is 12.3 Å². The number of hydrogen-bond acceptors (Lipinski definition) is 5. The second kappa shape index (κ2) is 12.4. The van der Waals surface area contributed by atoms with Crippen molar-refractivity contribution < 1.29 is 9.47 Å². The van der Waals surface area contributed by atoms with Gasteiger partial charge >= 0.3 is 0 Å². The predicted molar refractivity (Wildman–Crippen MR) is 133 cm³/mol. The zero-order valence-corrected chi connectivity index (χ0v) is 20.0. The highest BCUT2D eigenvalue weighted by Crippen LogP contribution is 2.27. The summed E-state index contributed by atoms with van der Waals surface area (Å²) in [4.78, 5) is 2.58. The first-order valence-electron chi connectivity index (χ1n) is 12.0. The van der Waals surface area contributed by atoms with Crippen LogP contribution < -0.4 is 10.2 Å². The van der Waals surface area contributed by atoms with Gasteiger partial charge in [0.2, 0.25) is 0 Å². The van der Waals surface area contributed by atoms with Crippen molar-refractivity contribution in [1.29, 1.82) is 0 Å². The van der Waals surface area contributed by atoms with Crippen LogP contribution in [0.15, 0.2) is 48.5 Å². The largest absolute Gasteiger partial charge is 0.457 e. The zero-order valence-electron chi connectivity index (χ0n) is 19.2. The Morgan fingerprint density at radius 1 is 0.970 bits per heavy atom. The van der Waals surface area contributed by atoms with Gasteiger partial charge in [0.15, 0.2) is 0 Å². The van der Waals surface area contributed by atoms with E-state index in [9.17, 15) is 0 Å². The smallest absolute Gasteiger partial charge is 0.127 e. The van der Waals surface area contributed by atoms with E-state index in [2.05, 4.69) is 33.4 Å². The molecule has 1 aliphatic heterocycles. The van der Waals surface area contributed by atoms with Crippen molar-refractivity contribution in [2.45, 2.75) is 57.1 Å². The molecule has 0 spiro atoms. The fraction of sp³-hybridized carbons (Fsp3) is 0.481. The Balaban J connectivity index is 1.35. The van der Waals surface area contributed by atoms with Gasteiger partial charge in [0, 0.05) is 17.6 Å². The number of nitrogens with one attached hydrogen (secondary N) is 1. The van der Waals surface area contributed by atoms with Crippen LogP contribution in [-0.4, -0.2) is 42.4 Å². The maximum Gasteiger partial charge on any atom is 0.127 e. The number of benzene rings is 2. The number of ether oxygens (including phenoxy) is 2. The molecule has 5 nitrogen and oxygen atoms in total. The Morgan fingerprint density at radius 2 is 1.61 bits per heavy atom. The minimum atomic E-state index is -0.115. The summed E-state index contributed by atoms with van der Waals surface area (Å²) < 4.78 is 12.0. The van der Waals surface area contributed by atoms with Gasteiger partial charge in [-0.2, -0.15) is 0 Å². The predicted octanol–water partition coefficient (Wildman–Crippen LogP) is 5.97. The van der Waals surface area contributed by atoms with Gasteiger partial charge in [-0.25, -0.2) is 10.4 Å². The van der Waals surface area contributed by atoms with Crippen LogP contribution in [0.1, 0.15) is 56.6 Å². The third kappa shape index (κ3) is 7.20. The number of terminal acetylenes is 1. The Hall–Kier alpha value is -2.07. The summed E-state index contributed by atoms with van der Waals surface area (Å²) in [5.41, 5.74) is 4.64. The lowest BCUT2D eigenvalue weighted by Gasteiger charge is -2.29. The molecule has 2 fully saturated rings. The summed E-state index contributed by atoms with van der Waals surface area (Å²) in [5, 5.41) is 2.95. The average Bonchev–Trinajstić information content (AvgIpc) is 3.27. The maximum atomic E-state index is 6.04. The van der Waals surface area contributed by atoms with Crippen molar-refractivity contribution in [3.8, 4) is 23.8 Å². The molecule has 0 amide bonds. The van der Waals surface area contributed by atoms with E-state index in [4.69, 9.17) is 27.5 Å². The molecule has 176 valence electrons. The molecule has 0 aromatic heterocycles. The summed E-state index contributed by atoms with van der Waals surface area (Å²) in [6.45, 7) is 2.84. The number of hydrazine groups is 1. The molecule has 2 aromatic rings. The highest BCUT2D eigenvalue weighted by molar-refractivity contribution is 6.30. The van der Waals surface area contributed by atoms with Crippen molar-refractivity contribution >= 4 is 11.6 Å². The van der Waals surface area contributed by atoms with E-state index in [-0.39, 0.29) is 12.7 Å². The highest BCUT2D eigenvalue weighted by atomic mass is 35.5.